The SMILES string of the molecule is CCn1nc(C)cc1-c1ccc2c3cc(C(N)=O)cc(OCCCO)c3n(C/C=C/Cn3c4nc(-c5cc(C)nn5CC)ncc4c4cc(C(N)=O)cc(OCCCN5CCOCC5)c43)c2n1. The summed E-state index contributed by atoms with van der Waals surface area (Å²) in [6.45, 7) is 14.6. The lowest BCUT2D eigenvalue weighted by Crippen LogP contribution is -2.37. The quantitative estimate of drug-likeness (QED) is 0.0649. The fraction of sp³-hybridized carbons (Fsp3) is 0.367. The Kier molecular flexibility index (Phi) is 13.0. The first-order chi connectivity index (χ1) is 32.6. The van der Waals surface area contributed by atoms with Crippen LogP contribution in [0.1, 0.15) is 58.8 Å². The Morgan fingerprint density at radius 2 is 1.30 bits per heavy atom. The number of fused-ring (bicyclic) bond motifs is 6. The van der Waals surface area contributed by atoms with Crippen LogP contribution in [-0.4, -0.2) is 118 Å². The van der Waals surface area contributed by atoms with Gasteiger partial charge in [0, 0.05) is 97.7 Å². The number of ether oxygens (including phenoxy) is 3. The molecule has 9 rings (SSSR count). The number of morpholine rings is 1. The summed E-state index contributed by atoms with van der Waals surface area (Å²) in [6.07, 6.45) is 7.08. The molecule has 0 spiro atoms. The molecular weight excluding hydrogens is 853 g/mol. The van der Waals surface area contributed by atoms with E-state index in [9.17, 15) is 14.7 Å². The number of nitrogens with two attached hydrogens (primary N) is 2. The summed E-state index contributed by atoms with van der Waals surface area (Å²) in [7, 11) is 0. The summed E-state index contributed by atoms with van der Waals surface area (Å²) in [5, 5.41) is 22.0. The molecule has 348 valence electrons. The maximum absolute atomic E-state index is 12.8. The first-order valence-electron chi connectivity index (χ1n) is 22.9. The van der Waals surface area contributed by atoms with Gasteiger partial charge >= 0.3 is 0 Å². The highest BCUT2D eigenvalue weighted by Gasteiger charge is 2.23. The van der Waals surface area contributed by atoms with Crippen molar-refractivity contribution in [3.63, 3.8) is 0 Å². The molecule has 2 aromatic carbocycles. The number of rotatable bonds is 19. The summed E-state index contributed by atoms with van der Waals surface area (Å²) in [5.74, 6) is 0.335. The van der Waals surface area contributed by atoms with E-state index in [0.717, 1.165) is 87.1 Å². The number of carbonyl (C=O) groups excluding carboxylic acids is 2. The first kappa shape index (κ1) is 45.0. The van der Waals surface area contributed by atoms with Gasteiger partial charge in [0.25, 0.3) is 0 Å². The van der Waals surface area contributed by atoms with Gasteiger partial charge in [0.15, 0.2) is 5.82 Å². The number of nitrogens with zero attached hydrogens (tertiary/aromatic N) is 10. The molecule has 2 amide bonds. The van der Waals surface area contributed by atoms with Gasteiger partial charge in [-0.3, -0.25) is 23.9 Å². The maximum Gasteiger partial charge on any atom is 0.248 e. The Hall–Kier alpha value is -7.15. The normalized spacial score (nSPS) is 13.6. The molecule has 1 aliphatic rings. The summed E-state index contributed by atoms with van der Waals surface area (Å²) in [5.41, 5.74) is 19.4. The highest BCUT2D eigenvalue weighted by Crippen LogP contribution is 2.39. The maximum atomic E-state index is 12.8. The second kappa shape index (κ2) is 19.4. The van der Waals surface area contributed by atoms with Crippen molar-refractivity contribution in [3.05, 3.63) is 89.4 Å². The number of carbonyl (C=O) groups is 2. The van der Waals surface area contributed by atoms with Crippen molar-refractivity contribution in [1.82, 2.24) is 48.5 Å². The molecule has 18 nitrogen and oxygen atoms in total. The summed E-state index contributed by atoms with van der Waals surface area (Å²) in [6, 6.07) is 14.9. The lowest BCUT2D eigenvalue weighted by atomic mass is 10.1. The third-order valence-corrected chi connectivity index (χ3v) is 12.2. The highest BCUT2D eigenvalue weighted by atomic mass is 16.5. The Labute approximate surface area is 386 Å². The fourth-order valence-corrected chi connectivity index (χ4v) is 9.01. The molecule has 7 heterocycles. The largest absolute Gasteiger partial charge is 0.491 e. The number of pyridine rings is 1. The molecule has 0 aliphatic carbocycles. The van der Waals surface area contributed by atoms with Crippen molar-refractivity contribution in [2.75, 3.05) is 52.7 Å². The third kappa shape index (κ3) is 8.94. The van der Waals surface area contributed by atoms with E-state index in [4.69, 9.17) is 40.6 Å². The number of primary amides is 2. The third-order valence-electron chi connectivity index (χ3n) is 12.2. The fourth-order valence-electron chi connectivity index (χ4n) is 9.01. The molecule has 67 heavy (non-hydrogen) atoms. The van der Waals surface area contributed by atoms with Crippen LogP contribution in [0.3, 0.4) is 0 Å². The number of hydrogen-bond acceptors (Lipinski definition) is 12. The molecule has 0 radical (unpaired) electrons. The van der Waals surface area contributed by atoms with E-state index in [-0.39, 0.29) is 13.2 Å². The second-order valence-corrected chi connectivity index (χ2v) is 16.7. The number of aliphatic hydroxyl groups is 1. The van der Waals surface area contributed by atoms with Crippen LogP contribution >= 0.6 is 0 Å². The van der Waals surface area contributed by atoms with Gasteiger partial charge in [0.1, 0.15) is 28.5 Å². The summed E-state index contributed by atoms with van der Waals surface area (Å²) >= 11 is 0. The number of allylic oxidation sites excluding steroid dienone is 2. The van der Waals surface area contributed by atoms with Gasteiger partial charge in [-0.1, -0.05) is 12.2 Å². The molecule has 6 aromatic heterocycles. The van der Waals surface area contributed by atoms with Gasteiger partial charge in [-0.2, -0.15) is 10.2 Å². The average molecular weight is 909 g/mol. The lowest BCUT2D eigenvalue weighted by Gasteiger charge is -2.26. The van der Waals surface area contributed by atoms with Crippen molar-refractivity contribution in [2.45, 2.75) is 66.7 Å². The minimum Gasteiger partial charge on any atom is -0.491 e. The molecule has 0 bridgehead atoms. The number of aryl methyl sites for hydroxylation is 4. The number of aromatic nitrogens is 9. The van der Waals surface area contributed by atoms with Gasteiger partial charge in [0.2, 0.25) is 11.8 Å². The van der Waals surface area contributed by atoms with E-state index >= 15 is 0 Å². The molecule has 1 aliphatic heterocycles. The lowest BCUT2D eigenvalue weighted by molar-refractivity contribution is 0.0358. The zero-order valence-electron chi connectivity index (χ0n) is 38.4. The smallest absolute Gasteiger partial charge is 0.248 e. The Bertz CT molecular complexity index is 3170. The molecule has 1 fully saturated rings. The van der Waals surface area contributed by atoms with Gasteiger partial charge in [-0.15, -0.1) is 0 Å². The van der Waals surface area contributed by atoms with Crippen LogP contribution in [-0.2, 0) is 30.9 Å². The number of benzene rings is 2. The molecule has 0 atom stereocenters. The average Bonchev–Trinajstić information content (AvgIpc) is 4.09. The molecular formula is C49H56N12O6. The van der Waals surface area contributed by atoms with Crippen molar-refractivity contribution >= 4 is 55.7 Å². The van der Waals surface area contributed by atoms with Crippen LogP contribution in [0.5, 0.6) is 11.5 Å². The Morgan fingerprint density at radius 3 is 1.90 bits per heavy atom. The molecule has 8 aromatic rings. The molecule has 0 unspecified atom stereocenters. The Balaban J connectivity index is 1.16. The topological polar surface area (TPSA) is 222 Å². The van der Waals surface area contributed by atoms with E-state index in [1.807, 2.05) is 61.3 Å². The number of amides is 2. The van der Waals surface area contributed by atoms with Crippen molar-refractivity contribution in [3.8, 4) is 34.4 Å². The molecule has 0 saturated carbocycles. The predicted octanol–water partition coefficient (Wildman–Crippen LogP) is 5.79. The molecule has 5 N–H and O–H groups in total. The van der Waals surface area contributed by atoms with Crippen molar-refractivity contribution in [1.29, 1.82) is 0 Å². The van der Waals surface area contributed by atoms with Gasteiger partial charge < -0.3 is 39.9 Å². The van der Waals surface area contributed by atoms with Crippen LogP contribution in [0, 0.1) is 13.8 Å². The van der Waals surface area contributed by atoms with E-state index in [0.29, 0.717) is 92.2 Å². The second-order valence-electron chi connectivity index (χ2n) is 16.7. The number of aliphatic hydroxyl groups excluding tert-OH is 1. The van der Waals surface area contributed by atoms with Crippen LogP contribution in [0.25, 0.3) is 66.8 Å². The minimum absolute atomic E-state index is 0.0537. The van der Waals surface area contributed by atoms with Gasteiger partial charge in [-0.05, 0) is 82.6 Å². The van der Waals surface area contributed by atoms with Crippen LogP contribution < -0.4 is 20.9 Å². The number of hydrogen-bond donors (Lipinski definition) is 3. The highest BCUT2D eigenvalue weighted by molar-refractivity contribution is 6.13. The Morgan fingerprint density at radius 1 is 0.731 bits per heavy atom. The van der Waals surface area contributed by atoms with E-state index in [2.05, 4.69) is 36.4 Å². The van der Waals surface area contributed by atoms with Crippen LogP contribution in [0.15, 0.2) is 66.9 Å². The molecule has 18 heteroatoms. The van der Waals surface area contributed by atoms with Gasteiger partial charge in [0.05, 0.1) is 60.2 Å². The van der Waals surface area contributed by atoms with Gasteiger partial charge in [-0.25, -0.2) is 15.0 Å². The van der Waals surface area contributed by atoms with Crippen LogP contribution in [0.4, 0.5) is 0 Å². The van der Waals surface area contributed by atoms with E-state index in [1.54, 1.807) is 30.5 Å². The van der Waals surface area contributed by atoms with Crippen molar-refractivity contribution < 1.29 is 28.9 Å². The van der Waals surface area contributed by atoms with E-state index in [1.165, 1.54) is 0 Å². The zero-order chi connectivity index (χ0) is 46.8. The molecule has 1 saturated heterocycles. The van der Waals surface area contributed by atoms with Crippen LogP contribution in [0.2, 0.25) is 0 Å². The van der Waals surface area contributed by atoms with E-state index < -0.39 is 11.8 Å². The summed E-state index contributed by atoms with van der Waals surface area (Å²) < 4.78 is 26.4. The monoisotopic (exact) mass is 908 g/mol. The minimum atomic E-state index is -0.586. The van der Waals surface area contributed by atoms with Crippen molar-refractivity contribution in [2.24, 2.45) is 11.5 Å². The zero-order valence-corrected chi connectivity index (χ0v) is 38.4. The predicted molar refractivity (Wildman–Crippen MR) is 256 cm³/mol. The summed E-state index contributed by atoms with van der Waals surface area (Å²) in [4.78, 5) is 43.1. The standard InChI is InChI=1S/C49H56N12O6/c1-5-60-39(23-30(3)55-60)38-12-11-34-35-25-32(45(50)63)27-41(67-20-10-18-62)43(35)58(48(34)53-38)14-7-8-15-59-44-36(37-29-52-47(54-49(37)59)40-24-31(4)56-61(40)6-2)26-33(46(51)64)28-42(44)66-19-9-13-57-16-21-65-22-17-57/h7-8,11-12,23-29,62H,5-6,9-10,13-22H2,1-4H3,(H2,50,63)(H2,51,64)/b8-7+. The first-order valence-corrected chi connectivity index (χ1v) is 22.9.